The molecule has 5 amide bonds. The Hall–Kier alpha value is -5.61. The third-order valence-corrected chi connectivity index (χ3v) is 10.2. The van der Waals surface area contributed by atoms with E-state index in [9.17, 15) is 32.4 Å². The molecule has 21 nitrogen and oxygen atoms in total. The Kier molecular flexibility index (Phi) is 17.5. The molecule has 1 aliphatic heterocycles. The van der Waals surface area contributed by atoms with Crippen molar-refractivity contribution < 1.29 is 32.4 Å². The van der Waals surface area contributed by atoms with Crippen molar-refractivity contribution in [3.8, 4) is 0 Å². The van der Waals surface area contributed by atoms with E-state index in [1.165, 1.54) is 12.3 Å². The van der Waals surface area contributed by atoms with E-state index in [1.807, 2.05) is 0 Å². The number of nitrogens with zero attached hydrogens (tertiary/aromatic N) is 4. The average molecular weight is 789 g/mol. The monoisotopic (exact) mass is 788 g/mol. The van der Waals surface area contributed by atoms with Crippen LogP contribution in [0.1, 0.15) is 38.5 Å². The Bertz CT molecular complexity index is 1800. The normalized spacial score (nSPS) is 14.3. The van der Waals surface area contributed by atoms with Crippen LogP contribution in [0.25, 0.3) is 10.8 Å². The van der Waals surface area contributed by atoms with Gasteiger partial charge in [-0.05, 0) is 50.7 Å². The van der Waals surface area contributed by atoms with E-state index in [-0.39, 0.29) is 74.2 Å². The van der Waals surface area contributed by atoms with Gasteiger partial charge in [-0.3, -0.25) is 38.9 Å². The molecule has 0 saturated carbocycles. The van der Waals surface area contributed by atoms with Gasteiger partial charge in [0.15, 0.2) is 11.9 Å². The van der Waals surface area contributed by atoms with Crippen molar-refractivity contribution in [1.29, 1.82) is 0 Å². The number of nitrogens with two attached hydrogens (primary N) is 5. The fourth-order valence-corrected chi connectivity index (χ4v) is 7.03. The fraction of sp³-hybridized carbons (Fsp3) is 0.515. The molecule has 0 unspecified atom stereocenters. The summed E-state index contributed by atoms with van der Waals surface area (Å²) in [5, 5.41) is 11.9. The van der Waals surface area contributed by atoms with Gasteiger partial charge in [0.05, 0.1) is 18.0 Å². The maximum absolute atomic E-state index is 13.1. The number of guanidine groups is 2. The van der Waals surface area contributed by atoms with Crippen molar-refractivity contribution in [2.45, 2.75) is 55.5 Å². The summed E-state index contributed by atoms with van der Waals surface area (Å²) < 4.78 is 28.3. The van der Waals surface area contributed by atoms with E-state index in [1.54, 1.807) is 29.3 Å². The number of pyridine rings is 1. The molecule has 55 heavy (non-hydrogen) atoms. The van der Waals surface area contributed by atoms with Gasteiger partial charge in [-0.15, -0.1) is 0 Å². The average Bonchev–Trinajstić information content (AvgIpc) is 3.15. The highest BCUT2D eigenvalue weighted by Crippen LogP contribution is 2.21. The van der Waals surface area contributed by atoms with Gasteiger partial charge in [-0.2, -0.15) is 0 Å². The highest BCUT2D eigenvalue weighted by atomic mass is 32.2. The van der Waals surface area contributed by atoms with Gasteiger partial charge in [0.1, 0.15) is 12.1 Å². The van der Waals surface area contributed by atoms with Crippen molar-refractivity contribution >= 4 is 62.3 Å². The Morgan fingerprint density at radius 2 is 1.51 bits per heavy atom. The summed E-state index contributed by atoms with van der Waals surface area (Å²) in [6, 6.07) is 4.43. The number of primary amides is 1. The lowest BCUT2D eigenvalue weighted by Gasteiger charge is -2.31. The zero-order chi connectivity index (χ0) is 40.4. The molecule has 0 spiro atoms. The van der Waals surface area contributed by atoms with Gasteiger partial charge < -0.3 is 54.8 Å². The van der Waals surface area contributed by atoms with E-state index in [0.717, 1.165) is 0 Å². The number of carbonyl (C=O) groups is 5. The SMILES string of the molecule is NC(=O)[C@@H](CCCN=C(N)N)NC(=O)[C@@H](CCCN=C(N)N)NC(=O)CNC(=O)C1CCN(C(=O)CNCCNS(=O)(=O)c2cccc3cnccc23)CC1. The van der Waals surface area contributed by atoms with E-state index in [4.69, 9.17) is 28.7 Å². The quantitative estimate of drug-likeness (QED) is 0.0310. The van der Waals surface area contributed by atoms with Crippen LogP contribution in [0.15, 0.2) is 51.5 Å². The lowest BCUT2D eigenvalue weighted by Crippen LogP contribution is -2.54. The smallest absolute Gasteiger partial charge is 0.243 e. The molecule has 1 aromatic heterocycles. The minimum Gasteiger partial charge on any atom is -0.370 e. The summed E-state index contributed by atoms with van der Waals surface area (Å²) >= 11 is 0. The third kappa shape index (κ3) is 15.0. The number of rotatable bonds is 22. The highest BCUT2D eigenvalue weighted by molar-refractivity contribution is 7.89. The van der Waals surface area contributed by atoms with Crippen molar-refractivity contribution in [1.82, 2.24) is 35.9 Å². The van der Waals surface area contributed by atoms with E-state index >= 15 is 0 Å². The van der Waals surface area contributed by atoms with Crippen molar-refractivity contribution in [3.05, 3.63) is 36.7 Å². The number of aromatic nitrogens is 1. The Balaban J connectivity index is 1.40. The number of hydrogen-bond donors (Lipinski definition) is 10. The Morgan fingerprint density at radius 1 is 0.855 bits per heavy atom. The van der Waals surface area contributed by atoms with Crippen LogP contribution in [0.2, 0.25) is 0 Å². The van der Waals surface area contributed by atoms with Crippen LogP contribution >= 0.6 is 0 Å². The van der Waals surface area contributed by atoms with Crippen LogP contribution in [-0.4, -0.2) is 124 Å². The number of hydrogen-bond acceptors (Lipinski definition) is 11. The minimum absolute atomic E-state index is 0.0163. The number of nitrogens with one attached hydrogen (secondary N) is 5. The van der Waals surface area contributed by atoms with Crippen LogP contribution in [0.5, 0.6) is 0 Å². The number of aliphatic imine (C=N–C) groups is 2. The van der Waals surface area contributed by atoms with Crippen LogP contribution in [0.3, 0.4) is 0 Å². The zero-order valence-corrected chi connectivity index (χ0v) is 31.4. The first-order valence-corrected chi connectivity index (χ1v) is 19.2. The minimum atomic E-state index is -3.79. The molecule has 2 atom stereocenters. The number of likely N-dealkylation sites (tertiary alicyclic amines) is 1. The van der Waals surface area contributed by atoms with Crippen LogP contribution in [0, 0.1) is 5.92 Å². The number of fused-ring (bicyclic) bond motifs is 1. The third-order valence-electron chi connectivity index (χ3n) is 8.64. The van der Waals surface area contributed by atoms with Gasteiger partial charge in [0.2, 0.25) is 39.6 Å². The second-order valence-electron chi connectivity index (χ2n) is 12.8. The van der Waals surface area contributed by atoms with Gasteiger partial charge in [-0.1, -0.05) is 12.1 Å². The predicted molar refractivity (Wildman–Crippen MR) is 205 cm³/mol. The molecule has 0 bridgehead atoms. The Morgan fingerprint density at radius 3 is 2.15 bits per heavy atom. The molecule has 0 radical (unpaired) electrons. The molecule has 2 heterocycles. The first-order valence-electron chi connectivity index (χ1n) is 17.8. The maximum atomic E-state index is 13.1. The summed E-state index contributed by atoms with van der Waals surface area (Å²) in [5.41, 5.74) is 26.8. The van der Waals surface area contributed by atoms with Crippen LogP contribution in [0.4, 0.5) is 0 Å². The molecular formula is C33H52N14O7S. The summed E-state index contributed by atoms with van der Waals surface area (Å²) in [6.45, 7) is 0.871. The number of carbonyl (C=O) groups excluding carboxylic acids is 5. The zero-order valence-electron chi connectivity index (χ0n) is 30.5. The second kappa shape index (κ2) is 21.9. The highest BCUT2D eigenvalue weighted by Gasteiger charge is 2.29. The molecule has 302 valence electrons. The summed E-state index contributed by atoms with van der Waals surface area (Å²) in [5.74, 6) is -3.36. The molecule has 3 rings (SSSR count). The maximum Gasteiger partial charge on any atom is 0.243 e. The fourth-order valence-electron chi connectivity index (χ4n) is 5.77. The van der Waals surface area contributed by atoms with Crippen LogP contribution < -0.4 is 54.7 Å². The number of piperidine rings is 1. The largest absolute Gasteiger partial charge is 0.370 e. The molecule has 1 saturated heterocycles. The van der Waals surface area contributed by atoms with Crippen molar-refractivity contribution in [2.75, 3.05) is 52.4 Å². The molecule has 1 aliphatic rings. The van der Waals surface area contributed by atoms with Gasteiger partial charge in [0, 0.05) is 68.4 Å². The lowest BCUT2D eigenvalue weighted by atomic mass is 9.96. The summed E-state index contributed by atoms with van der Waals surface area (Å²) in [7, 11) is -3.79. The first-order chi connectivity index (χ1) is 26.2. The molecule has 1 fully saturated rings. The van der Waals surface area contributed by atoms with Gasteiger partial charge in [-0.25, -0.2) is 13.1 Å². The molecule has 1 aromatic carbocycles. The van der Waals surface area contributed by atoms with E-state index in [2.05, 4.69) is 41.0 Å². The van der Waals surface area contributed by atoms with Gasteiger partial charge in [0.25, 0.3) is 0 Å². The molecule has 22 heteroatoms. The first kappa shape index (κ1) is 43.8. The van der Waals surface area contributed by atoms with E-state index in [0.29, 0.717) is 49.5 Å². The van der Waals surface area contributed by atoms with Gasteiger partial charge >= 0.3 is 0 Å². The standard InChI is InChI=1S/C33H52N14O7S/c34-29(50)24(5-2-11-41-32(35)36)46-31(52)25(6-3-12-42-33(37)38)45-27(48)19-43-30(51)21-9-16-47(17-10-21)28(49)20-40-14-15-44-55(53,54)26-7-1-4-22-18-39-13-8-23(22)26/h1,4,7-8,13,18,21,24-25,40,44H,2-3,5-6,9-12,14-17,19-20H2,(H2,34,50)(H,43,51)(H,45,48)(H,46,52)(H4,35,36,41)(H4,37,38,42)/t24-,25-/m1/s1. The predicted octanol–water partition coefficient (Wildman–Crippen LogP) is -3.98. The Labute approximate surface area is 319 Å². The summed E-state index contributed by atoms with van der Waals surface area (Å²) in [4.78, 5) is 77.1. The number of sulfonamides is 1. The molecular weight excluding hydrogens is 737 g/mol. The van der Waals surface area contributed by atoms with Crippen molar-refractivity contribution in [3.63, 3.8) is 0 Å². The lowest BCUT2D eigenvalue weighted by molar-refractivity contribution is -0.135. The molecule has 15 N–H and O–H groups in total. The molecule has 0 aliphatic carbocycles. The topological polar surface area (TPSA) is 351 Å². The number of amides is 5. The summed E-state index contributed by atoms with van der Waals surface area (Å²) in [6.07, 6.45) is 4.78. The second-order valence-corrected chi connectivity index (χ2v) is 14.5. The molecule has 2 aromatic rings. The van der Waals surface area contributed by atoms with Crippen molar-refractivity contribution in [2.24, 2.45) is 44.6 Å². The number of benzene rings is 1. The van der Waals surface area contributed by atoms with Crippen LogP contribution in [-0.2, 0) is 34.0 Å². The van der Waals surface area contributed by atoms with E-state index < -0.39 is 52.3 Å².